The monoisotopic (exact) mass is 497 g/mol. The van der Waals surface area contributed by atoms with Gasteiger partial charge in [0.05, 0.1) is 25.9 Å². The lowest BCUT2D eigenvalue weighted by Gasteiger charge is -2.33. The minimum Gasteiger partial charge on any atom is -0.496 e. The molecule has 2 unspecified atom stereocenters. The van der Waals surface area contributed by atoms with Crippen molar-refractivity contribution in [2.75, 3.05) is 27.4 Å². The van der Waals surface area contributed by atoms with Crippen LogP contribution in [0.25, 0.3) is 0 Å². The molecule has 2 aromatic rings. The number of rotatable bonds is 13. The van der Waals surface area contributed by atoms with Gasteiger partial charge in [-0.15, -0.1) is 0 Å². The second-order valence-electron chi connectivity index (χ2n) is 9.05. The van der Waals surface area contributed by atoms with Crippen LogP contribution in [0, 0.1) is 0 Å². The third-order valence-corrected chi connectivity index (χ3v) is 6.38. The average molecular weight is 498 g/mol. The van der Waals surface area contributed by atoms with E-state index in [1.807, 2.05) is 18.2 Å². The number of fused-ring (bicyclic) bond motifs is 1. The highest BCUT2D eigenvalue weighted by Gasteiger charge is 2.36. The number of aryl methyl sites for hydroxylation is 1. The Labute approximate surface area is 214 Å². The number of Topliss-reactive ketones (excluding diaryl/α,β-unsaturated/α-hetero) is 1. The van der Waals surface area contributed by atoms with Gasteiger partial charge in [-0.1, -0.05) is 44.9 Å². The summed E-state index contributed by atoms with van der Waals surface area (Å²) in [5.41, 5.74) is 3.68. The molecule has 7 heteroatoms. The van der Waals surface area contributed by atoms with Crippen LogP contribution in [0.2, 0.25) is 0 Å². The zero-order valence-electron chi connectivity index (χ0n) is 22.1. The van der Waals surface area contributed by atoms with Crippen molar-refractivity contribution in [1.29, 1.82) is 0 Å². The first-order chi connectivity index (χ1) is 17.4. The molecule has 1 aliphatic rings. The Balaban J connectivity index is 1.63. The Morgan fingerprint density at radius 1 is 1.08 bits per heavy atom. The van der Waals surface area contributed by atoms with E-state index in [9.17, 15) is 9.59 Å². The van der Waals surface area contributed by atoms with Gasteiger partial charge in [-0.3, -0.25) is 9.59 Å². The van der Waals surface area contributed by atoms with Crippen LogP contribution in [0.15, 0.2) is 30.3 Å². The van der Waals surface area contributed by atoms with Gasteiger partial charge in [0, 0.05) is 25.5 Å². The van der Waals surface area contributed by atoms with Gasteiger partial charge in [0.1, 0.15) is 23.4 Å². The maximum absolute atomic E-state index is 12.6. The number of carbonyl (C=O) groups is 2. The summed E-state index contributed by atoms with van der Waals surface area (Å²) >= 11 is 0. The topological polar surface area (TPSA) is 83.1 Å². The SMILES string of the molecule is CCCc1cccc2c1OC(C(=O)NC)C(OCCCOc1ccc(C(C)=O)c(OC)c1CCC)C2. The number of benzene rings is 2. The number of amides is 1. The van der Waals surface area contributed by atoms with Gasteiger partial charge in [-0.2, -0.15) is 0 Å². The fraction of sp³-hybridized carbons (Fsp3) is 0.517. The Kier molecular flexibility index (Phi) is 10.2. The van der Waals surface area contributed by atoms with Crippen molar-refractivity contribution in [2.24, 2.45) is 0 Å². The fourth-order valence-electron chi connectivity index (χ4n) is 4.67. The van der Waals surface area contributed by atoms with E-state index in [0.29, 0.717) is 37.4 Å². The molecule has 0 bridgehead atoms. The van der Waals surface area contributed by atoms with Crippen LogP contribution in [-0.2, 0) is 28.8 Å². The van der Waals surface area contributed by atoms with Gasteiger partial charge in [-0.25, -0.2) is 0 Å². The number of hydrogen-bond acceptors (Lipinski definition) is 6. The molecule has 0 aliphatic carbocycles. The molecule has 1 heterocycles. The first kappa shape index (κ1) is 27.5. The number of likely N-dealkylation sites (N-methyl/N-ethyl adjacent to an activating group) is 1. The molecule has 2 aromatic carbocycles. The molecule has 196 valence electrons. The zero-order valence-corrected chi connectivity index (χ0v) is 22.1. The highest BCUT2D eigenvalue weighted by Crippen LogP contribution is 2.35. The fourth-order valence-corrected chi connectivity index (χ4v) is 4.67. The average Bonchev–Trinajstić information content (AvgIpc) is 2.88. The number of carbonyl (C=O) groups excluding carboxylic acids is 2. The quantitative estimate of drug-likeness (QED) is 0.319. The van der Waals surface area contributed by atoms with Crippen molar-refractivity contribution in [1.82, 2.24) is 5.32 Å². The van der Waals surface area contributed by atoms with Crippen LogP contribution in [0.5, 0.6) is 17.2 Å². The molecule has 0 aromatic heterocycles. The largest absolute Gasteiger partial charge is 0.496 e. The van der Waals surface area contributed by atoms with E-state index in [2.05, 4.69) is 25.2 Å². The van der Waals surface area contributed by atoms with E-state index >= 15 is 0 Å². The minimum absolute atomic E-state index is 0.0343. The second kappa shape index (κ2) is 13.3. The van der Waals surface area contributed by atoms with Gasteiger partial charge < -0.3 is 24.3 Å². The lowest BCUT2D eigenvalue weighted by molar-refractivity contribution is -0.136. The first-order valence-electron chi connectivity index (χ1n) is 12.9. The van der Waals surface area contributed by atoms with Crippen LogP contribution < -0.4 is 19.5 Å². The van der Waals surface area contributed by atoms with E-state index in [4.69, 9.17) is 18.9 Å². The Morgan fingerprint density at radius 3 is 2.53 bits per heavy atom. The molecule has 1 amide bonds. The lowest BCUT2D eigenvalue weighted by atomic mass is 9.95. The molecule has 0 spiro atoms. The van der Waals surface area contributed by atoms with Crippen molar-refractivity contribution in [2.45, 2.75) is 71.5 Å². The molecule has 0 radical (unpaired) electrons. The van der Waals surface area contributed by atoms with Crippen molar-refractivity contribution >= 4 is 11.7 Å². The lowest BCUT2D eigenvalue weighted by Crippen LogP contribution is -2.49. The Bertz CT molecular complexity index is 1050. The highest BCUT2D eigenvalue weighted by molar-refractivity contribution is 5.97. The molecule has 0 fully saturated rings. The standard InChI is InChI=1S/C29H39NO6/c1-6-10-20-12-8-13-21-18-25(28(29(32)30-4)36-26(20)21)35-17-9-16-34-24-15-14-22(19(3)31)27(33-5)23(24)11-7-2/h8,12-15,25,28H,6-7,9-11,16-18H2,1-5H3,(H,30,32). The van der Waals surface area contributed by atoms with Crippen molar-refractivity contribution in [3.8, 4) is 17.2 Å². The molecule has 1 aliphatic heterocycles. The minimum atomic E-state index is -0.694. The van der Waals surface area contributed by atoms with Gasteiger partial charge in [0.15, 0.2) is 5.78 Å². The summed E-state index contributed by atoms with van der Waals surface area (Å²) in [7, 11) is 3.20. The van der Waals surface area contributed by atoms with Crippen LogP contribution in [0.4, 0.5) is 0 Å². The smallest absolute Gasteiger partial charge is 0.263 e. The van der Waals surface area contributed by atoms with Gasteiger partial charge in [0.2, 0.25) is 6.10 Å². The molecule has 3 rings (SSSR count). The summed E-state index contributed by atoms with van der Waals surface area (Å²) in [5.74, 6) is 1.91. The van der Waals surface area contributed by atoms with Gasteiger partial charge in [-0.05, 0) is 43.0 Å². The van der Waals surface area contributed by atoms with E-state index in [0.717, 1.165) is 53.9 Å². The normalized spacial score (nSPS) is 16.6. The molecule has 36 heavy (non-hydrogen) atoms. The predicted molar refractivity (Wildman–Crippen MR) is 139 cm³/mol. The summed E-state index contributed by atoms with van der Waals surface area (Å²) < 4.78 is 24.0. The molecule has 0 saturated carbocycles. The summed E-state index contributed by atoms with van der Waals surface area (Å²) in [5, 5.41) is 2.71. The predicted octanol–water partition coefficient (Wildman–Crippen LogP) is 4.71. The Morgan fingerprint density at radius 2 is 1.86 bits per heavy atom. The summed E-state index contributed by atoms with van der Waals surface area (Å²) in [6.45, 7) is 6.61. The van der Waals surface area contributed by atoms with Crippen molar-refractivity contribution < 1.29 is 28.5 Å². The number of hydrogen-bond donors (Lipinski definition) is 1. The number of methoxy groups -OCH3 is 1. The molecule has 1 N–H and O–H groups in total. The van der Waals surface area contributed by atoms with Crippen LogP contribution in [-0.4, -0.2) is 51.3 Å². The third-order valence-electron chi connectivity index (χ3n) is 6.38. The van der Waals surface area contributed by atoms with Gasteiger partial charge in [0.25, 0.3) is 5.91 Å². The van der Waals surface area contributed by atoms with Crippen LogP contribution in [0.3, 0.4) is 0 Å². The summed E-state index contributed by atoms with van der Waals surface area (Å²) in [6.07, 6.45) is 3.77. The first-order valence-corrected chi connectivity index (χ1v) is 12.9. The van der Waals surface area contributed by atoms with Crippen LogP contribution >= 0.6 is 0 Å². The van der Waals surface area contributed by atoms with Crippen LogP contribution in [0.1, 0.15) is 67.1 Å². The maximum Gasteiger partial charge on any atom is 0.263 e. The number of para-hydroxylation sites is 1. The highest BCUT2D eigenvalue weighted by atomic mass is 16.5. The second-order valence-corrected chi connectivity index (χ2v) is 9.05. The van der Waals surface area contributed by atoms with Crippen molar-refractivity contribution in [3.63, 3.8) is 0 Å². The number of nitrogens with one attached hydrogen (secondary N) is 1. The molecular weight excluding hydrogens is 458 g/mol. The summed E-state index contributed by atoms with van der Waals surface area (Å²) in [6, 6.07) is 9.74. The van der Waals surface area contributed by atoms with Crippen molar-refractivity contribution in [3.05, 3.63) is 52.6 Å². The van der Waals surface area contributed by atoms with Gasteiger partial charge >= 0.3 is 0 Å². The number of ketones is 1. The van der Waals surface area contributed by atoms with E-state index in [-0.39, 0.29) is 17.8 Å². The molecule has 0 saturated heterocycles. The third kappa shape index (κ3) is 6.38. The molecule has 7 nitrogen and oxygen atoms in total. The van der Waals surface area contributed by atoms with E-state index < -0.39 is 6.10 Å². The molecular formula is C29H39NO6. The Hall–Kier alpha value is -3.06. The summed E-state index contributed by atoms with van der Waals surface area (Å²) in [4.78, 5) is 24.6. The van der Waals surface area contributed by atoms with E-state index in [1.54, 1.807) is 20.2 Å². The zero-order chi connectivity index (χ0) is 26.1. The molecule has 2 atom stereocenters. The van der Waals surface area contributed by atoms with E-state index in [1.165, 1.54) is 6.92 Å². The maximum atomic E-state index is 12.6. The number of ether oxygens (including phenoxy) is 4.